The molecular formula is C38H54. The number of rotatable bonds is 6. The molecule has 0 spiro atoms. The van der Waals surface area contributed by atoms with Crippen LogP contribution in [0.25, 0.3) is 22.3 Å². The van der Waals surface area contributed by atoms with Crippen LogP contribution in [-0.2, 0) is 10.8 Å². The molecule has 0 unspecified atom stereocenters. The van der Waals surface area contributed by atoms with Crippen LogP contribution < -0.4 is 0 Å². The normalized spacial score (nSPS) is 12.9. The lowest BCUT2D eigenvalue weighted by Crippen LogP contribution is -2.14. The topological polar surface area (TPSA) is 0 Å². The molecule has 0 aliphatic heterocycles. The van der Waals surface area contributed by atoms with Gasteiger partial charge in [0.25, 0.3) is 0 Å². The minimum atomic E-state index is 0.126. The molecule has 0 aliphatic rings. The molecule has 0 heterocycles. The van der Waals surface area contributed by atoms with E-state index < -0.39 is 0 Å². The first kappa shape index (κ1) is 30.2. The summed E-state index contributed by atoms with van der Waals surface area (Å²) in [5.74, 6) is 1.82. The van der Waals surface area contributed by atoms with E-state index in [0.29, 0.717) is 23.7 Å². The quantitative estimate of drug-likeness (QED) is 0.309. The number of benzene rings is 3. The Hall–Kier alpha value is -2.34. The van der Waals surface area contributed by atoms with Crippen molar-refractivity contribution in [1.29, 1.82) is 0 Å². The van der Waals surface area contributed by atoms with Gasteiger partial charge in [0.1, 0.15) is 0 Å². The molecule has 0 aromatic heterocycles. The second kappa shape index (κ2) is 11.0. The molecule has 3 aromatic rings. The first-order valence-corrected chi connectivity index (χ1v) is 14.9. The van der Waals surface area contributed by atoms with E-state index in [1.165, 1.54) is 55.6 Å². The van der Waals surface area contributed by atoms with Gasteiger partial charge in [0.05, 0.1) is 0 Å². The third-order valence-electron chi connectivity index (χ3n) is 8.06. The van der Waals surface area contributed by atoms with Crippen LogP contribution in [-0.4, -0.2) is 0 Å². The molecule has 3 aromatic carbocycles. The van der Waals surface area contributed by atoms with Gasteiger partial charge in [0, 0.05) is 0 Å². The van der Waals surface area contributed by atoms with E-state index >= 15 is 0 Å². The van der Waals surface area contributed by atoms with Crippen molar-refractivity contribution < 1.29 is 0 Å². The van der Waals surface area contributed by atoms with Crippen molar-refractivity contribution in [2.45, 2.75) is 131 Å². The Labute approximate surface area is 235 Å². The van der Waals surface area contributed by atoms with Gasteiger partial charge in [0.15, 0.2) is 0 Å². The van der Waals surface area contributed by atoms with Crippen molar-refractivity contribution in [3.8, 4) is 22.3 Å². The highest BCUT2D eigenvalue weighted by Gasteiger charge is 2.25. The molecule has 38 heavy (non-hydrogen) atoms. The summed E-state index contributed by atoms with van der Waals surface area (Å²) in [6.07, 6.45) is 0. The third-order valence-corrected chi connectivity index (χ3v) is 8.06. The second-order valence-corrected chi connectivity index (χ2v) is 14.8. The predicted molar refractivity (Wildman–Crippen MR) is 171 cm³/mol. The SMILES string of the molecule is CC(C)c1cc(C(C)(C)C)cc(C(C)C)c1-c1cccc(-c2c(C(C)C)cc(C(C)(C)C)cc2C(C)C)c1. The van der Waals surface area contributed by atoms with E-state index in [4.69, 9.17) is 0 Å². The molecule has 0 aliphatic carbocycles. The minimum Gasteiger partial charge on any atom is -0.0610 e. The molecule has 0 bridgehead atoms. The van der Waals surface area contributed by atoms with Gasteiger partial charge in [-0.25, -0.2) is 0 Å². The molecule has 0 saturated carbocycles. The molecule has 0 nitrogen and oxygen atoms in total. The van der Waals surface area contributed by atoms with Gasteiger partial charge in [-0.3, -0.25) is 0 Å². The van der Waals surface area contributed by atoms with E-state index in [2.05, 4.69) is 145 Å². The Balaban J connectivity index is 2.39. The van der Waals surface area contributed by atoms with Crippen LogP contribution in [0.3, 0.4) is 0 Å². The van der Waals surface area contributed by atoms with Crippen LogP contribution >= 0.6 is 0 Å². The third kappa shape index (κ3) is 6.27. The maximum absolute atomic E-state index is 2.48. The zero-order valence-electron chi connectivity index (χ0n) is 26.9. The Morgan fingerprint density at radius 1 is 0.421 bits per heavy atom. The first-order chi connectivity index (χ1) is 17.4. The maximum Gasteiger partial charge on any atom is -0.0114 e. The molecule has 0 saturated heterocycles. The Morgan fingerprint density at radius 2 is 0.684 bits per heavy atom. The van der Waals surface area contributed by atoms with E-state index in [1.807, 2.05) is 0 Å². The van der Waals surface area contributed by atoms with Gasteiger partial charge >= 0.3 is 0 Å². The Bertz CT molecular complexity index is 1110. The molecular weight excluding hydrogens is 456 g/mol. The van der Waals surface area contributed by atoms with Gasteiger partial charge in [-0.2, -0.15) is 0 Å². The Kier molecular flexibility index (Phi) is 8.77. The molecule has 0 atom stereocenters. The highest BCUT2D eigenvalue weighted by Crippen LogP contribution is 2.44. The van der Waals surface area contributed by atoms with E-state index in [0.717, 1.165) is 0 Å². The van der Waals surface area contributed by atoms with Crippen molar-refractivity contribution >= 4 is 0 Å². The number of hydrogen-bond acceptors (Lipinski definition) is 0. The van der Waals surface area contributed by atoms with Crippen LogP contribution in [0.4, 0.5) is 0 Å². The molecule has 0 heteroatoms. The summed E-state index contributed by atoms with van der Waals surface area (Å²) in [5, 5.41) is 0. The molecule has 0 amide bonds. The highest BCUT2D eigenvalue weighted by molar-refractivity contribution is 5.81. The van der Waals surface area contributed by atoms with Crippen molar-refractivity contribution in [1.82, 2.24) is 0 Å². The summed E-state index contributed by atoms with van der Waals surface area (Å²) in [5.41, 5.74) is 14.6. The summed E-state index contributed by atoms with van der Waals surface area (Å²) in [4.78, 5) is 0. The summed E-state index contributed by atoms with van der Waals surface area (Å²) >= 11 is 0. The summed E-state index contributed by atoms with van der Waals surface area (Å²) < 4.78 is 0. The molecule has 0 radical (unpaired) electrons. The lowest BCUT2D eigenvalue weighted by atomic mass is 9.76. The van der Waals surface area contributed by atoms with Crippen molar-refractivity contribution in [3.63, 3.8) is 0 Å². The lowest BCUT2D eigenvalue weighted by molar-refractivity contribution is 0.586. The second-order valence-electron chi connectivity index (χ2n) is 14.8. The molecule has 0 fully saturated rings. The van der Waals surface area contributed by atoms with Gasteiger partial charge < -0.3 is 0 Å². The molecule has 3 rings (SSSR count). The highest BCUT2D eigenvalue weighted by atomic mass is 14.3. The predicted octanol–water partition coefficient (Wildman–Crippen LogP) is 12.1. The summed E-state index contributed by atoms with van der Waals surface area (Å²) in [6.45, 7) is 32.8. The van der Waals surface area contributed by atoms with Crippen molar-refractivity contribution in [2.75, 3.05) is 0 Å². The molecule has 206 valence electrons. The van der Waals surface area contributed by atoms with Crippen LogP contribution in [0, 0.1) is 0 Å². The van der Waals surface area contributed by atoms with Gasteiger partial charge in [-0.05, 0) is 96.2 Å². The largest absolute Gasteiger partial charge is 0.0610 e. The Morgan fingerprint density at radius 3 is 0.895 bits per heavy atom. The fraction of sp³-hybridized carbons (Fsp3) is 0.526. The number of hydrogen-bond donors (Lipinski definition) is 0. The smallest absolute Gasteiger partial charge is 0.0114 e. The fourth-order valence-corrected chi connectivity index (χ4v) is 5.56. The van der Waals surface area contributed by atoms with Crippen LogP contribution in [0.5, 0.6) is 0 Å². The average molecular weight is 511 g/mol. The van der Waals surface area contributed by atoms with E-state index in [9.17, 15) is 0 Å². The van der Waals surface area contributed by atoms with Crippen LogP contribution in [0.2, 0.25) is 0 Å². The van der Waals surface area contributed by atoms with E-state index in [-0.39, 0.29) is 10.8 Å². The maximum atomic E-state index is 2.48. The zero-order valence-corrected chi connectivity index (χ0v) is 26.9. The lowest BCUT2D eigenvalue weighted by Gasteiger charge is -2.28. The zero-order chi connectivity index (χ0) is 28.7. The standard InChI is InChI=1S/C38H54/c1-23(2)31-19-29(37(9,10)11)20-32(24(3)4)35(31)27-16-15-17-28(18-27)36-33(25(5)6)21-30(38(12,13)14)22-34(36)26(7)8/h15-26H,1-14H3. The minimum absolute atomic E-state index is 0.126. The van der Waals surface area contributed by atoms with Gasteiger partial charge in [0.2, 0.25) is 0 Å². The first-order valence-electron chi connectivity index (χ1n) is 14.9. The van der Waals surface area contributed by atoms with Gasteiger partial charge in [-0.1, -0.05) is 139 Å². The molecule has 0 N–H and O–H groups in total. The van der Waals surface area contributed by atoms with E-state index in [1.54, 1.807) is 0 Å². The van der Waals surface area contributed by atoms with Gasteiger partial charge in [-0.15, -0.1) is 0 Å². The summed E-state index contributed by atoms with van der Waals surface area (Å²) in [6, 6.07) is 19.4. The van der Waals surface area contributed by atoms with Crippen LogP contribution in [0.1, 0.15) is 154 Å². The average Bonchev–Trinajstić information content (AvgIpc) is 2.80. The van der Waals surface area contributed by atoms with Crippen molar-refractivity contribution in [2.24, 2.45) is 0 Å². The van der Waals surface area contributed by atoms with Crippen molar-refractivity contribution in [3.05, 3.63) is 81.9 Å². The van der Waals surface area contributed by atoms with Crippen LogP contribution in [0.15, 0.2) is 48.5 Å². The summed E-state index contributed by atoms with van der Waals surface area (Å²) in [7, 11) is 0. The fourth-order valence-electron chi connectivity index (χ4n) is 5.56. The monoisotopic (exact) mass is 510 g/mol.